The van der Waals surface area contributed by atoms with Gasteiger partial charge in [-0.25, -0.2) is 13.4 Å². The minimum atomic E-state index is -5.04. The Bertz CT molecular complexity index is 977. The summed E-state index contributed by atoms with van der Waals surface area (Å²) in [5, 5.41) is 0.0877. The molecule has 1 fully saturated rings. The maximum Gasteiger partial charge on any atom is 0.471 e. The molecule has 28 heavy (non-hydrogen) atoms. The second-order valence-electron chi connectivity index (χ2n) is 5.62. The normalized spacial score (nSPS) is 15.6. The second-order valence-corrected chi connectivity index (χ2v) is 8.08. The minimum absolute atomic E-state index is 0.0877. The Morgan fingerprint density at radius 2 is 1.86 bits per heavy atom. The fourth-order valence-corrected chi connectivity index (χ4v) is 4.16. The lowest BCUT2D eigenvalue weighted by Gasteiger charge is -2.34. The van der Waals surface area contributed by atoms with E-state index in [0.717, 1.165) is 11.5 Å². The molecule has 1 aliphatic rings. The highest BCUT2D eigenvalue weighted by Crippen LogP contribution is 2.24. The van der Waals surface area contributed by atoms with Gasteiger partial charge in [0.05, 0.1) is 4.90 Å². The van der Waals surface area contributed by atoms with Gasteiger partial charge in [0.15, 0.2) is 0 Å². The van der Waals surface area contributed by atoms with Gasteiger partial charge in [-0.3, -0.25) is 14.3 Å². The van der Waals surface area contributed by atoms with Crippen LogP contribution in [0, 0.1) is 0 Å². The molecule has 0 radical (unpaired) electrons. The van der Waals surface area contributed by atoms with Gasteiger partial charge in [0, 0.05) is 30.3 Å². The first-order valence-corrected chi connectivity index (χ1v) is 9.89. The topological polar surface area (TPSA) is 113 Å². The van der Waals surface area contributed by atoms with Crippen LogP contribution in [0.1, 0.15) is 0 Å². The number of amides is 2. The number of hydrogen-bond donors (Lipinski definition) is 1. The van der Waals surface area contributed by atoms with E-state index in [4.69, 9.17) is 0 Å². The zero-order valence-electron chi connectivity index (χ0n) is 13.9. The summed E-state index contributed by atoms with van der Waals surface area (Å²) in [4.78, 5) is 28.6. The molecule has 2 heterocycles. The summed E-state index contributed by atoms with van der Waals surface area (Å²) in [5.41, 5.74) is 0.305. The maximum absolute atomic E-state index is 12.5. The third-order valence-electron chi connectivity index (χ3n) is 3.79. The SMILES string of the molecule is O=C1CN(C(=O)C(F)(F)F)CCN1c1ccc(S(=O)(=O)Nc2ncns2)cc1. The van der Waals surface area contributed by atoms with E-state index in [1.165, 1.54) is 35.5 Å². The van der Waals surface area contributed by atoms with Crippen LogP contribution in [0.5, 0.6) is 0 Å². The first-order chi connectivity index (χ1) is 13.1. The van der Waals surface area contributed by atoms with Crippen LogP contribution in [0.4, 0.5) is 24.0 Å². The van der Waals surface area contributed by atoms with Crippen molar-refractivity contribution >= 4 is 44.2 Å². The lowest BCUT2D eigenvalue weighted by Crippen LogP contribution is -2.55. The smallest absolute Gasteiger partial charge is 0.324 e. The van der Waals surface area contributed by atoms with E-state index in [-0.39, 0.29) is 23.1 Å². The highest BCUT2D eigenvalue weighted by molar-refractivity contribution is 7.93. The predicted molar refractivity (Wildman–Crippen MR) is 92.1 cm³/mol. The molecule has 1 N–H and O–H groups in total. The fraction of sp³-hybridized carbons (Fsp3) is 0.286. The predicted octanol–water partition coefficient (Wildman–Crippen LogP) is 1.08. The Morgan fingerprint density at radius 3 is 2.39 bits per heavy atom. The first kappa shape index (κ1) is 20.0. The minimum Gasteiger partial charge on any atom is -0.324 e. The number of anilines is 2. The molecule has 0 atom stereocenters. The van der Waals surface area contributed by atoms with Gasteiger partial charge in [-0.1, -0.05) is 0 Å². The summed E-state index contributed by atoms with van der Waals surface area (Å²) < 4.78 is 67.9. The lowest BCUT2D eigenvalue weighted by molar-refractivity contribution is -0.186. The van der Waals surface area contributed by atoms with Crippen LogP contribution in [-0.2, 0) is 19.6 Å². The number of piperazine rings is 1. The summed E-state index contributed by atoms with van der Waals surface area (Å²) in [5.74, 6) is -2.77. The average molecular weight is 435 g/mol. The van der Waals surface area contributed by atoms with Gasteiger partial charge in [0.25, 0.3) is 10.0 Å². The summed E-state index contributed by atoms with van der Waals surface area (Å²) in [6.45, 7) is -1.14. The third-order valence-corrected chi connectivity index (χ3v) is 5.86. The molecule has 2 aromatic rings. The highest BCUT2D eigenvalue weighted by Gasteiger charge is 2.44. The van der Waals surface area contributed by atoms with E-state index >= 15 is 0 Å². The van der Waals surface area contributed by atoms with Crippen molar-refractivity contribution in [1.29, 1.82) is 0 Å². The first-order valence-electron chi connectivity index (χ1n) is 7.64. The molecule has 9 nitrogen and oxygen atoms in total. The van der Waals surface area contributed by atoms with Crippen molar-refractivity contribution in [3.63, 3.8) is 0 Å². The number of benzene rings is 1. The molecule has 1 aromatic heterocycles. The molecule has 14 heteroatoms. The van der Waals surface area contributed by atoms with Crippen molar-refractivity contribution in [2.45, 2.75) is 11.1 Å². The van der Waals surface area contributed by atoms with Crippen LogP contribution in [0.3, 0.4) is 0 Å². The number of aromatic nitrogens is 2. The van der Waals surface area contributed by atoms with Crippen LogP contribution < -0.4 is 9.62 Å². The Labute approximate surface area is 161 Å². The maximum atomic E-state index is 12.5. The number of hydrogen-bond acceptors (Lipinski definition) is 7. The second kappa shape index (κ2) is 7.35. The van der Waals surface area contributed by atoms with Gasteiger partial charge in [-0.2, -0.15) is 17.5 Å². The number of nitrogens with one attached hydrogen (secondary N) is 1. The molecule has 3 rings (SSSR count). The zero-order chi connectivity index (χ0) is 20.5. The van der Waals surface area contributed by atoms with E-state index < -0.39 is 34.6 Å². The molecule has 150 valence electrons. The quantitative estimate of drug-likeness (QED) is 0.769. The van der Waals surface area contributed by atoms with Crippen LogP contribution in [0.25, 0.3) is 0 Å². The van der Waals surface area contributed by atoms with Gasteiger partial charge in [-0.15, -0.1) is 0 Å². The number of nitrogens with zero attached hydrogens (tertiary/aromatic N) is 4. The molecule has 0 spiro atoms. The van der Waals surface area contributed by atoms with Crippen LogP contribution >= 0.6 is 11.5 Å². The van der Waals surface area contributed by atoms with Crippen molar-refractivity contribution in [3.8, 4) is 0 Å². The molecular formula is C14H12F3N5O4S2. The van der Waals surface area contributed by atoms with Crippen molar-refractivity contribution in [2.75, 3.05) is 29.3 Å². The summed E-state index contributed by atoms with van der Waals surface area (Å²) >= 11 is 0.858. The third kappa shape index (κ3) is 4.22. The summed E-state index contributed by atoms with van der Waals surface area (Å²) in [7, 11) is -3.90. The Morgan fingerprint density at radius 1 is 1.18 bits per heavy atom. The highest BCUT2D eigenvalue weighted by atomic mass is 32.2. The van der Waals surface area contributed by atoms with E-state index in [1.54, 1.807) is 0 Å². The van der Waals surface area contributed by atoms with Gasteiger partial charge in [0.2, 0.25) is 11.0 Å². The van der Waals surface area contributed by atoms with E-state index in [0.29, 0.717) is 10.6 Å². The van der Waals surface area contributed by atoms with Crippen molar-refractivity contribution < 1.29 is 31.2 Å². The van der Waals surface area contributed by atoms with Crippen LogP contribution in [0.2, 0.25) is 0 Å². The molecule has 1 aliphatic heterocycles. The number of alkyl halides is 3. The number of carbonyl (C=O) groups excluding carboxylic acids is 2. The molecule has 0 bridgehead atoms. The molecule has 0 aliphatic carbocycles. The van der Waals surface area contributed by atoms with Gasteiger partial charge < -0.3 is 9.80 Å². The van der Waals surface area contributed by atoms with Gasteiger partial charge >= 0.3 is 12.1 Å². The van der Waals surface area contributed by atoms with Crippen molar-refractivity contribution in [1.82, 2.24) is 14.3 Å². The Hall–Kier alpha value is -2.74. The average Bonchev–Trinajstić information content (AvgIpc) is 3.12. The standard InChI is InChI=1S/C14H12F3N5O4S2/c15-14(16,17)12(24)21-5-6-22(11(23)7-21)9-1-3-10(4-2-9)28(25,26)20-13-18-8-19-27-13/h1-4,8H,5-7H2,(H,18,19,20). The largest absolute Gasteiger partial charge is 0.471 e. The van der Waals surface area contributed by atoms with Crippen LogP contribution in [-0.4, -0.2) is 60.3 Å². The molecule has 1 saturated heterocycles. The van der Waals surface area contributed by atoms with E-state index in [9.17, 15) is 31.2 Å². The monoisotopic (exact) mass is 435 g/mol. The van der Waals surface area contributed by atoms with E-state index in [1.807, 2.05) is 0 Å². The van der Waals surface area contributed by atoms with Gasteiger partial charge in [0.1, 0.15) is 12.9 Å². The number of carbonyl (C=O) groups is 2. The molecule has 1 aromatic carbocycles. The Kier molecular flexibility index (Phi) is 5.25. The summed E-state index contributed by atoms with van der Waals surface area (Å²) in [6, 6.07) is 5.21. The fourth-order valence-electron chi connectivity index (χ4n) is 2.50. The Balaban J connectivity index is 1.70. The van der Waals surface area contributed by atoms with Gasteiger partial charge in [-0.05, 0) is 24.3 Å². The number of sulfonamides is 1. The van der Waals surface area contributed by atoms with Crippen LogP contribution in [0.15, 0.2) is 35.5 Å². The number of halogens is 3. The lowest BCUT2D eigenvalue weighted by atomic mass is 10.2. The number of rotatable bonds is 4. The molecule has 0 saturated carbocycles. The van der Waals surface area contributed by atoms with Crippen molar-refractivity contribution in [3.05, 3.63) is 30.6 Å². The zero-order valence-corrected chi connectivity index (χ0v) is 15.5. The van der Waals surface area contributed by atoms with Crippen molar-refractivity contribution in [2.24, 2.45) is 0 Å². The molecule has 2 amide bonds. The molecule has 0 unspecified atom stereocenters. The van der Waals surface area contributed by atoms with E-state index in [2.05, 4.69) is 14.1 Å². The summed E-state index contributed by atoms with van der Waals surface area (Å²) in [6.07, 6.45) is -3.85. The molecular weight excluding hydrogens is 423 g/mol.